The third-order valence-corrected chi connectivity index (χ3v) is 7.56. The van der Waals surface area contributed by atoms with Gasteiger partial charge in [-0.1, -0.05) is 74.5 Å². The van der Waals surface area contributed by atoms with Gasteiger partial charge in [0, 0.05) is 23.2 Å². The topological polar surface area (TPSA) is 52.8 Å². The van der Waals surface area contributed by atoms with E-state index in [4.69, 9.17) is 9.72 Å². The van der Waals surface area contributed by atoms with E-state index in [1.165, 1.54) is 11.1 Å². The van der Waals surface area contributed by atoms with Gasteiger partial charge < -0.3 is 4.74 Å². The van der Waals surface area contributed by atoms with Crippen molar-refractivity contribution in [3.63, 3.8) is 0 Å². The van der Waals surface area contributed by atoms with E-state index >= 15 is 0 Å². The van der Waals surface area contributed by atoms with E-state index in [1.807, 2.05) is 25.1 Å². The summed E-state index contributed by atoms with van der Waals surface area (Å²) in [6.45, 7) is 15.3. The van der Waals surface area contributed by atoms with Gasteiger partial charge in [0.1, 0.15) is 10.8 Å². The molecule has 4 aromatic rings. The van der Waals surface area contributed by atoms with Gasteiger partial charge in [-0.05, 0) is 43.0 Å². The van der Waals surface area contributed by atoms with Crippen LogP contribution >= 0.6 is 23.1 Å². The quantitative estimate of drug-likeness (QED) is 0.173. The lowest BCUT2D eigenvalue weighted by atomic mass is 9.87. The molecule has 5 nitrogen and oxygen atoms in total. The number of rotatable bonds is 9. The van der Waals surface area contributed by atoms with Crippen molar-refractivity contribution in [3.8, 4) is 16.3 Å². The van der Waals surface area contributed by atoms with Gasteiger partial charge in [-0.25, -0.2) is 4.98 Å². The Bertz CT molecular complexity index is 1290. The second-order valence-electron chi connectivity index (χ2n) is 9.58. The number of benzene rings is 2. The number of aryl methyl sites for hydroxylation is 1. The van der Waals surface area contributed by atoms with Crippen LogP contribution in [0.25, 0.3) is 10.6 Å². The molecule has 0 bridgehead atoms. The highest BCUT2D eigenvalue weighted by molar-refractivity contribution is 7.98. The smallest absolute Gasteiger partial charge is 0.192 e. The SMILES string of the molecule is C=CCn1c(SCc2csc(-c3cccc(C)c3)n2)nnc1C(C)Oc1ccc(C(C)(C)C)cc1. The Hall–Kier alpha value is -2.90. The minimum Gasteiger partial charge on any atom is -0.483 e. The van der Waals surface area contributed by atoms with Crippen LogP contribution in [-0.2, 0) is 17.7 Å². The highest BCUT2D eigenvalue weighted by Gasteiger charge is 2.20. The molecule has 0 aliphatic rings. The van der Waals surface area contributed by atoms with Crippen molar-refractivity contribution in [3.05, 3.63) is 89.2 Å². The lowest BCUT2D eigenvalue weighted by molar-refractivity contribution is 0.210. The van der Waals surface area contributed by atoms with Crippen LogP contribution in [0.15, 0.2) is 71.7 Å². The molecule has 2 aromatic carbocycles. The lowest BCUT2D eigenvalue weighted by Gasteiger charge is -2.20. The van der Waals surface area contributed by atoms with Crippen LogP contribution in [0, 0.1) is 6.92 Å². The van der Waals surface area contributed by atoms with Crippen LogP contribution in [0.1, 0.15) is 56.4 Å². The lowest BCUT2D eigenvalue weighted by Crippen LogP contribution is -2.13. The number of thioether (sulfide) groups is 1. The highest BCUT2D eigenvalue weighted by Crippen LogP contribution is 2.30. The van der Waals surface area contributed by atoms with E-state index in [9.17, 15) is 0 Å². The molecule has 0 aliphatic carbocycles. The first kappa shape index (κ1) is 25.2. The first-order chi connectivity index (χ1) is 16.7. The molecule has 182 valence electrons. The van der Waals surface area contributed by atoms with Crippen LogP contribution in [0.3, 0.4) is 0 Å². The van der Waals surface area contributed by atoms with Crippen LogP contribution < -0.4 is 4.74 Å². The molecule has 0 saturated heterocycles. The monoisotopic (exact) mass is 504 g/mol. The molecule has 0 aliphatic heterocycles. The first-order valence-corrected chi connectivity index (χ1v) is 13.6. The molecule has 4 rings (SSSR count). The Balaban J connectivity index is 1.45. The van der Waals surface area contributed by atoms with Crippen LogP contribution in [0.5, 0.6) is 5.75 Å². The molecule has 0 saturated carbocycles. The molecule has 1 atom stereocenters. The molecule has 2 aromatic heterocycles. The zero-order chi connectivity index (χ0) is 25.0. The van der Waals surface area contributed by atoms with Crippen molar-refractivity contribution < 1.29 is 4.74 Å². The van der Waals surface area contributed by atoms with Crippen LogP contribution in [-0.4, -0.2) is 19.7 Å². The fraction of sp³-hybridized carbons (Fsp3) is 0.321. The van der Waals surface area contributed by atoms with E-state index in [0.717, 1.165) is 38.7 Å². The number of aromatic nitrogens is 4. The first-order valence-electron chi connectivity index (χ1n) is 11.7. The summed E-state index contributed by atoms with van der Waals surface area (Å²) >= 11 is 3.30. The van der Waals surface area contributed by atoms with E-state index < -0.39 is 0 Å². The van der Waals surface area contributed by atoms with E-state index in [2.05, 4.69) is 90.8 Å². The molecule has 0 N–H and O–H groups in total. The maximum Gasteiger partial charge on any atom is 0.192 e. The van der Waals surface area contributed by atoms with Gasteiger partial charge in [-0.15, -0.1) is 28.1 Å². The molecule has 0 radical (unpaired) electrons. The summed E-state index contributed by atoms with van der Waals surface area (Å²) in [7, 11) is 0. The van der Waals surface area contributed by atoms with Crippen molar-refractivity contribution in [1.82, 2.24) is 19.7 Å². The third kappa shape index (κ3) is 6.21. The predicted octanol–water partition coefficient (Wildman–Crippen LogP) is 7.63. The van der Waals surface area contributed by atoms with Crippen LogP contribution in [0.4, 0.5) is 0 Å². The number of hydrogen-bond acceptors (Lipinski definition) is 6. The number of nitrogens with zero attached hydrogens (tertiary/aromatic N) is 4. The maximum atomic E-state index is 6.22. The van der Waals surface area contributed by atoms with Gasteiger partial charge >= 0.3 is 0 Å². The normalized spacial score (nSPS) is 12.5. The summed E-state index contributed by atoms with van der Waals surface area (Å²) in [5.74, 6) is 2.33. The van der Waals surface area contributed by atoms with Crippen molar-refractivity contribution in [1.29, 1.82) is 0 Å². The van der Waals surface area contributed by atoms with Gasteiger partial charge in [0.05, 0.1) is 5.69 Å². The van der Waals surface area contributed by atoms with Gasteiger partial charge in [0.2, 0.25) is 0 Å². The minimum absolute atomic E-state index is 0.110. The van der Waals surface area contributed by atoms with Gasteiger partial charge in [-0.2, -0.15) is 0 Å². The van der Waals surface area contributed by atoms with Gasteiger partial charge in [0.25, 0.3) is 0 Å². The second-order valence-corrected chi connectivity index (χ2v) is 11.4. The second kappa shape index (κ2) is 10.8. The average Bonchev–Trinajstić information content (AvgIpc) is 3.45. The van der Waals surface area contributed by atoms with Crippen LogP contribution in [0.2, 0.25) is 0 Å². The molecule has 35 heavy (non-hydrogen) atoms. The summed E-state index contributed by atoms with van der Waals surface area (Å²) in [5, 5.41) is 12.9. The van der Waals surface area contributed by atoms with Crippen molar-refractivity contribution in [2.75, 3.05) is 0 Å². The average molecular weight is 505 g/mol. The molecule has 0 fully saturated rings. The number of hydrogen-bond donors (Lipinski definition) is 0. The Morgan fingerprint density at radius 2 is 1.91 bits per heavy atom. The van der Waals surface area contributed by atoms with Gasteiger partial charge in [0.15, 0.2) is 17.1 Å². The van der Waals surface area contributed by atoms with E-state index in [-0.39, 0.29) is 11.5 Å². The van der Waals surface area contributed by atoms with E-state index in [1.54, 1.807) is 23.1 Å². The number of thiazole rings is 1. The third-order valence-electron chi connectivity index (χ3n) is 5.62. The molecule has 0 spiro atoms. The predicted molar refractivity (Wildman–Crippen MR) is 146 cm³/mol. The Morgan fingerprint density at radius 3 is 2.60 bits per heavy atom. The molecule has 7 heteroatoms. The fourth-order valence-corrected chi connectivity index (χ4v) is 5.49. The fourth-order valence-electron chi connectivity index (χ4n) is 3.72. The maximum absolute atomic E-state index is 6.22. The van der Waals surface area contributed by atoms with Crippen molar-refractivity contribution >= 4 is 23.1 Å². The largest absolute Gasteiger partial charge is 0.483 e. The zero-order valence-corrected chi connectivity index (χ0v) is 22.6. The molecular weight excluding hydrogens is 472 g/mol. The van der Waals surface area contributed by atoms with E-state index in [0.29, 0.717) is 6.54 Å². The summed E-state index contributed by atoms with van der Waals surface area (Å²) in [5.41, 5.74) is 4.82. The van der Waals surface area contributed by atoms with Crippen molar-refractivity contribution in [2.45, 2.75) is 63.6 Å². The summed E-state index contributed by atoms with van der Waals surface area (Å²) in [4.78, 5) is 4.83. The highest BCUT2D eigenvalue weighted by atomic mass is 32.2. The standard InChI is InChI=1S/C28H32N4OS2/c1-7-15-32-25(20(3)33-24-13-11-22(12-14-24)28(4,5)6)30-31-27(32)35-18-23-17-34-26(29-23)21-10-8-9-19(2)16-21/h7-14,16-17,20H,1,15,18H2,2-6H3. The Labute approximate surface area is 216 Å². The molecular formula is C28H32N4OS2. The molecule has 2 heterocycles. The molecule has 1 unspecified atom stereocenters. The summed E-state index contributed by atoms with van der Waals surface area (Å²) in [6, 6.07) is 16.7. The number of allylic oxidation sites excluding steroid dienone is 1. The Morgan fingerprint density at radius 1 is 1.14 bits per heavy atom. The van der Waals surface area contributed by atoms with Crippen molar-refractivity contribution in [2.24, 2.45) is 0 Å². The summed E-state index contributed by atoms with van der Waals surface area (Å²) in [6.07, 6.45) is 1.62. The Kier molecular flexibility index (Phi) is 7.77. The van der Waals surface area contributed by atoms with Gasteiger partial charge in [-0.3, -0.25) is 4.57 Å². The summed E-state index contributed by atoms with van der Waals surface area (Å²) < 4.78 is 8.28. The number of ether oxygens (including phenoxy) is 1. The zero-order valence-electron chi connectivity index (χ0n) is 21.0. The minimum atomic E-state index is -0.246. The molecule has 0 amide bonds.